The molecule has 0 atom stereocenters. The summed E-state index contributed by atoms with van der Waals surface area (Å²) in [6, 6.07) is 7.83. The Morgan fingerprint density at radius 3 is 2.58 bits per heavy atom. The Morgan fingerprint density at radius 1 is 1.21 bits per heavy atom. The number of rotatable bonds is 4. The molecule has 2 rings (SSSR count). The molecule has 0 spiro atoms. The van der Waals surface area contributed by atoms with E-state index in [0.29, 0.717) is 16.8 Å². The molecule has 0 aliphatic heterocycles. The van der Waals surface area contributed by atoms with E-state index < -0.39 is 0 Å². The van der Waals surface area contributed by atoms with Crippen LogP contribution in [-0.2, 0) is 0 Å². The van der Waals surface area contributed by atoms with E-state index in [9.17, 15) is 0 Å². The van der Waals surface area contributed by atoms with Crippen LogP contribution in [-0.4, -0.2) is 16.2 Å². The Labute approximate surface area is 124 Å². The summed E-state index contributed by atoms with van der Waals surface area (Å²) in [7, 11) is 0. The van der Waals surface area contributed by atoms with Gasteiger partial charge in [0, 0.05) is 10.5 Å². The predicted molar refractivity (Wildman–Crippen MR) is 83.8 cm³/mol. The number of nitrogens with two attached hydrogens (primary N) is 1. The van der Waals surface area contributed by atoms with Crippen LogP contribution in [0.1, 0.15) is 5.56 Å². The Balaban J connectivity index is 2.31. The number of hydrogen-bond donors (Lipinski definition) is 3. The van der Waals surface area contributed by atoms with E-state index in [0.717, 1.165) is 10.2 Å². The zero-order valence-electron chi connectivity index (χ0n) is 10.6. The van der Waals surface area contributed by atoms with Crippen molar-refractivity contribution in [2.24, 2.45) is 5.84 Å². The first kappa shape index (κ1) is 14.1. The van der Waals surface area contributed by atoms with Crippen molar-refractivity contribution in [3.05, 3.63) is 34.3 Å². The molecule has 0 aliphatic carbocycles. The van der Waals surface area contributed by atoms with Gasteiger partial charge in [0.2, 0.25) is 0 Å². The molecular formula is C12H14BrN5S. The lowest BCUT2D eigenvalue weighted by molar-refractivity contribution is 0.971. The minimum absolute atomic E-state index is 0.574. The second kappa shape index (κ2) is 6.23. The number of aromatic nitrogens is 2. The molecule has 7 heteroatoms. The van der Waals surface area contributed by atoms with Crippen molar-refractivity contribution in [2.45, 2.75) is 12.1 Å². The lowest BCUT2D eigenvalue weighted by Crippen LogP contribution is -2.10. The van der Waals surface area contributed by atoms with Crippen LogP contribution in [0.5, 0.6) is 0 Å². The first-order chi connectivity index (χ1) is 9.12. The number of halogens is 1. The molecule has 4 N–H and O–H groups in total. The number of nitrogens with zero attached hydrogens (tertiary/aromatic N) is 2. The zero-order chi connectivity index (χ0) is 13.8. The normalized spacial score (nSPS) is 10.3. The average Bonchev–Trinajstić information content (AvgIpc) is 2.41. The highest BCUT2D eigenvalue weighted by Gasteiger charge is 2.06. The van der Waals surface area contributed by atoms with Gasteiger partial charge in [0.15, 0.2) is 5.16 Å². The van der Waals surface area contributed by atoms with Crippen LogP contribution in [0.25, 0.3) is 0 Å². The van der Waals surface area contributed by atoms with Crippen LogP contribution >= 0.6 is 27.7 Å². The molecule has 100 valence electrons. The lowest BCUT2D eigenvalue weighted by Gasteiger charge is -2.10. The third-order valence-electron chi connectivity index (χ3n) is 2.42. The van der Waals surface area contributed by atoms with Gasteiger partial charge in [-0.1, -0.05) is 17.8 Å². The summed E-state index contributed by atoms with van der Waals surface area (Å²) in [5.41, 5.74) is 4.67. The van der Waals surface area contributed by atoms with Crippen LogP contribution in [0.15, 0.2) is 33.9 Å². The maximum Gasteiger partial charge on any atom is 0.191 e. The highest BCUT2D eigenvalue weighted by molar-refractivity contribution is 9.10. The van der Waals surface area contributed by atoms with E-state index in [1.165, 1.54) is 17.3 Å². The van der Waals surface area contributed by atoms with Gasteiger partial charge >= 0.3 is 0 Å². The average molecular weight is 340 g/mol. The summed E-state index contributed by atoms with van der Waals surface area (Å²) in [5.74, 6) is 6.66. The molecular weight excluding hydrogens is 326 g/mol. The van der Waals surface area contributed by atoms with Crippen LogP contribution in [0.2, 0.25) is 0 Å². The van der Waals surface area contributed by atoms with Crippen LogP contribution in [0.3, 0.4) is 0 Å². The highest BCUT2D eigenvalue weighted by Crippen LogP contribution is 2.27. The number of benzene rings is 1. The Bertz CT molecular complexity index is 568. The summed E-state index contributed by atoms with van der Waals surface area (Å²) in [4.78, 5) is 8.60. The van der Waals surface area contributed by atoms with Gasteiger partial charge in [0.1, 0.15) is 11.6 Å². The van der Waals surface area contributed by atoms with Crippen LogP contribution in [0, 0.1) is 6.92 Å². The number of nitrogen functional groups attached to an aromatic ring is 1. The van der Waals surface area contributed by atoms with Gasteiger partial charge in [-0.25, -0.2) is 15.8 Å². The van der Waals surface area contributed by atoms with E-state index in [1.807, 2.05) is 31.4 Å². The predicted octanol–water partition coefficient (Wildman–Crippen LogP) is 3.30. The van der Waals surface area contributed by atoms with Crippen molar-refractivity contribution in [1.82, 2.24) is 9.97 Å². The van der Waals surface area contributed by atoms with Gasteiger partial charge in [0.05, 0.1) is 5.69 Å². The third-order valence-corrected chi connectivity index (χ3v) is 3.63. The molecule has 19 heavy (non-hydrogen) atoms. The van der Waals surface area contributed by atoms with Gasteiger partial charge in [-0.15, -0.1) is 0 Å². The van der Waals surface area contributed by atoms with E-state index in [-0.39, 0.29) is 0 Å². The Hall–Kier alpha value is -1.31. The molecule has 0 saturated carbocycles. The molecule has 2 aromatic rings. The molecule has 1 aromatic carbocycles. The molecule has 0 bridgehead atoms. The number of anilines is 3. The van der Waals surface area contributed by atoms with Crippen molar-refractivity contribution < 1.29 is 0 Å². The van der Waals surface area contributed by atoms with Gasteiger partial charge in [0.25, 0.3) is 0 Å². The second-order valence-corrected chi connectivity index (χ2v) is 5.51. The number of thioether (sulfide) groups is 1. The van der Waals surface area contributed by atoms with Gasteiger partial charge in [-0.2, -0.15) is 0 Å². The van der Waals surface area contributed by atoms with Gasteiger partial charge in [-0.3, -0.25) is 0 Å². The van der Waals surface area contributed by atoms with Crippen molar-refractivity contribution in [3.8, 4) is 0 Å². The maximum absolute atomic E-state index is 5.40. The molecule has 0 unspecified atom stereocenters. The van der Waals surface area contributed by atoms with Crippen LogP contribution < -0.4 is 16.6 Å². The zero-order valence-corrected chi connectivity index (χ0v) is 13.0. The fourth-order valence-corrected chi connectivity index (χ4v) is 2.49. The fraction of sp³-hybridized carbons (Fsp3) is 0.167. The molecule has 1 aromatic heterocycles. The third kappa shape index (κ3) is 3.59. The van der Waals surface area contributed by atoms with E-state index in [2.05, 4.69) is 36.6 Å². The lowest BCUT2D eigenvalue weighted by atomic mass is 10.2. The van der Waals surface area contributed by atoms with E-state index in [4.69, 9.17) is 5.84 Å². The molecule has 0 saturated heterocycles. The molecule has 0 aliphatic rings. The number of nitrogens with one attached hydrogen (secondary N) is 2. The number of hydrazine groups is 1. The summed E-state index contributed by atoms with van der Waals surface area (Å²) in [6.45, 7) is 2.04. The molecule has 0 fully saturated rings. The fourth-order valence-electron chi connectivity index (χ4n) is 1.51. The van der Waals surface area contributed by atoms with E-state index in [1.54, 1.807) is 6.07 Å². The van der Waals surface area contributed by atoms with Gasteiger partial charge < -0.3 is 10.7 Å². The Kier molecular flexibility index (Phi) is 4.62. The summed E-state index contributed by atoms with van der Waals surface area (Å²) < 4.78 is 0.985. The first-order valence-electron chi connectivity index (χ1n) is 5.55. The minimum atomic E-state index is 0.574. The smallest absolute Gasteiger partial charge is 0.191 e. The SMILES string of the molecule is CSc1nc(NN)cc(Nc2ccc(C)cc2Br)n1. The number of aryl methyl sites for hydroxylation is 1. The Morgan fingerprint density at radius 2 is 1.95 bits per heavy atom. The molecule has 5 nitrogen and oxygen atoms in total. The quantitative estimate of drug-likeness (QED) is 0.343. The van der Waals surface area contributed by atoms with Crippen molar-refractivity contribution in [1.29, 1.82) is 0 Å². The van der Waals surface area contributed by atoms with Crippen molar-refractivity contribution in [3.63, 3.8) is 0 Å². The maximum atomic E-state index is 5.40. The van der Waals surface area contributed by atoms with Crippen molar-refractivity contribution in [2.75, 3.05) is 17.0 Å². The summed E-state index contributed by atoms with van der Waals surface area (Å²) in [6.07, 6.45) is 1.92. The van der Waals surface area contributed by atoms with Crippen LogP contribution in [0.4, 0.5) is 17.3 Å². The van der Waals surface area contributed by atoms with E-state index >= 15 is 0 Å². The molecule has 1 heterocycles. The standard InChI is InChI=1S/C12H14BrN5S/c1-7-3-4-9(8(13)5-7)15-10-6-11(18-14)17-12(16-10)19-2/h3-6H,14H2,1-2H3,(H2,15,16,17,18). The highest BCUT2D eigenvalue weighted by atomic mass is 79.9. The first-order valence-corrected chi connectivity index (χ1v) is 7.57. The van der Waals surface area contributed by atoms with Gasteiger partial charge in [-0.05, 0) is 46.8 Å². The molecule has 0 radical (unpaired) electrons. The topological polar surface area (TPSA) is 75.9 Å². The monoisotopic (exact) mass is 339 g/mol. The second-order valence-electron chi connectivity index (χ2n) is 3.88. The van der Waals surface area contributed by atoms with Crippen molar-refractivity contribution >= 4 is 45.0 Å². The summed E-state index contributed by atoms with van der Waals surface area (Å²) >= 11 is 4.98. The largest absolute Gasteiger partial charge is 0.339 e. The summed E-state index contributed by atoms with van der Waals surface area (Å²) in [5, 5.41) is 3.90. The molecule has 0 amide bonds. The number of hydrogen-bond acceptors (Lipinski definition) is 6. The minimum Gasteiger partial charge on any atom is -0.339 e.